The fourth-order valence-electron chi connectivity index (χ4n) is 0.250. The SMILES string of the molecule is CCC.CCNCC. The summed E-state index contributed by atoms with van der Waals surface area (Å²) in [6.45, 7) is 10.6. The average Bonchev–Trinajstić information content (AvgIpc) is 1.71. The minimum Gasteiger partial charge on any atom is -0.317 e. The second-order valence-corrected chi connectivity index (χ2v) is 1.66. The van der Waals surface area contributed by atoms with Crippen LogP contribution in [-0.4, -0.2) is 13.1 Å². The van der Waals surface area contributed by atoms with Crippen LogP contribution >= 0.6 is 0 Å². The summed E-state index contributed by atoms with van der Waals surface area (Å²) in [5.41, 5.74) is 0. The quantitative estimate of drug-likeness (QED) is 0.583. The van der Waals surface area contributed by atoms with E-state index in [1.54, 1.807) is 0 Å². The third-order valence-electron chi connectivity index (χ3n) is 0.500. The normalized spacial score (nSPS) is 7.50. The third kappa shape index (κ3) is 38.2. The molecule has 1 N–H and O–H groups in total. The first kappa shape index (κ1) is 10.9. The second-order valence-electron chi connectivity index (χ2n) is 1.66. The van der Waals surface area contributed by atoms with Crippen molar-refractivity contribution in [3.05, 3.63) is 0 Å². The molecule has 0 aliphatic rings. The second kappa shape index (κ2) is 15.8. The molecule has 52 valence electrons. The van der Waals surface area contributed by atoms with E-state index in [1.165, 1.54) is 6.42 Å². The Kier molecular flexibility index (Phi) is 21.4. The largest absolute Gasteiger partial charge is 0.317 e. The topological polar surface area (TPSA) is 12.0 Å². The van der Waals surface area contributed by atoms with Crippen molar-refractivity contribution in [3.63, 3.8) is 0 Å². The molecule has 8 heavy (non-hydrogen) atoms. The lowest BCUT2D eigenvalue weighted by Gasteiger charge is -1.86. The molecule has 1 nitrogen and oxygen atoms in total. The zero-order valence-corrected chi connectivity index (χ0v) is 6.62. The van der Waals surface area contributed by atoms with Gasteiger partial charge < -0.3 is 5.32 Å². The van der Waals surface area contributed by atoms with Gasteiger partial charge in [-0.15, -0.1) is 0 Å². The maximum Gasteiger partial charge on any atom is -0.00775 e. The molecule has 0 atom stereocenters. The zero-order valence-electron chi connectivity index (χ0n) is 6.62. The Morgan fingerprint density at radius 1 is 0.875 bits per heavy atom. The minimum atomic E-state index is 1.09. The van der Waals surface area contributed by atoms with Gasteiger partial charge in [0.25, 0.3) is 0 Å². The lowest BCUT2D eigenvalue weighted by molar-refractivity contribution is 0.762. The van der Waals surface area contributed by atoms with Crippen molar-refractivity contribution in [2.45, 2.75) is 34.1 Å². The van der Waals surface area contributed by atoms with Crippen LogP contribution in [0, 0.1) is 0 Å². The Balaban J connectivity index is 0. The Morgan fingerprint density at radius 3 is 1.12 bits per heavy atom. The van der Waals surface area contributed by atoms with Crippen LogP contribution < -0.4 is 5.32 Å². The van der Waals surface area contributed by atoms with E-state index >= 15 is 0 Å². The standard InChI is InChI=1S/C4H11N.C3H8/c1-3-5-4-2;1-3-2/h5H,3-4H2,1-2H3;3H2,1-2H3. The number of nitrogens with one attached hydrogen (secondary N) is 1. The summed E-state index contributed by atoms with van der Waals surface area (Å²) in [7, 11) is 0. The van der Waals surface area contributed by atoms with Gasteiger partial charge in [0.05, 0.1) is 0 Å². The molecule has 0 saturated heterocycles. The fraction of sp³-hybridized carbons (Fsp3) is 1.00. The molecule has 0 aliphatic heterocycles. The molecule has 0 aromatic heterocycles. The molecule has 1 heteroatoms. The molecule has 0 aromatic carbocycles. The first-order valence-electron chi connectivity index (χ1n) is 3.54. The Hall–Kier alpha value is -0.0400. The molecular weight excluding hydrogens is 98.1 g/mol. The molecule has 0 bridgehead atoms. The molecule has 0 aromatic rings. The first-order valence-corrected chi connectivity index (χ1v) is 3.54. The molecular formula is C7H19N. The molecule has 0 unspecified atom stereocenters. The van der Waals surface area contributed by atoms with Crippen LogP contribution in [0.4, 0.5) is 0 Å². The van der Waals surface area contributed by atoms with Crippen molar-refractivity contribution in [1.29, 1.82) is 0 Å². The zero-order chi connectivity index (χ0) is 6.83. The number of rotatable bonds is 2. The summed E-state index contributed by atoms with van der Waals surface area (Å²) >= 11 is 0. The van der Waals surface area contributed by atoms with Gasteiger partial charge in [0.1, 0.15) is 0 Å². The van der Waals surface area contributed by atoms with Crippen LogP contribution in [0.3, 0.4) is 0 Å². The minimum absolute atomic E-state index is 1.09. The average molecular weight is 117 g/mol. The smallest absolute Gasteiger partial charge is 0.00775 e. The molecule has 0 radical (unpaired) electrons. The van der Waals surface area contributed by atoms with Gasteiger partial charge in [0.15, 0.2) is 0 Å². The summed E-state index contributed by atoms with van der Waals surface area (Å²) in [5, 5.41) is 3.11. The van der Waals surface area contributed by atoms with Crippen LogP contribution in [0.5, 0.6) is 0 Å². The van der Waals surface area contributed by atoms with Gasteiger partial charge >= 0.3 is 0 Å². The molecule has 0 rings (SSSR count). The van der Waals surface area contributed by atoms with E-state index in [4.69, 9.17) is 0 Å². The molecule has 0 saturated carbocycles. The van der Waals surface area contributed by atoms with Crippen molar-refractivity contribution >= 4 is 0 Å². The molecule has 0 heterocycles. The third-order valence-corrected chi connectivity index (χ3v) is 0.500. The Bertz CT molecular complexity index is 18.3. The van der Waals surface area contributed by atoms with E-state index in [1.807, 2.05) is 0 Å². The highest BCUT2D eigenvalue weighted by atomic mass is 14.8. The van der Waals surface area contributed by atoms with Gasteiger partial charge in [-0.3, -0.25) is 0 Å². The number of hydrogen-bond acceptors (Lipinski definition) is 1. The van der Waals surface area contributed by atoms with Gasteiger partial charge in [-0.1, -0.05) is 34.1 Å². The lowest BCUT2D eigenvalue weighted by atomic mass is 10.6. The van der Waals surface area contributed by atoms with E-state index in [-0.39, 0.29) is 0 Å². The highest BCUT2D eigenvalue weighted by Gasteiger charge is 1.62. The van der Waals surface area contributed by atoms with Gasteiger partial charge in [-0.05, 0) is 13.1 Å². The van der Waals surface area contributed by atoms with E-state index in [9.17, 15) is 0 Å². The molecule has 0 fully saturated rings. The summed E-state index contributed by atoms with van der Waals surface area (Å²) in [6.07, 6.45) is 1.25. The van der Waals surface area contributed by atoms with Gasteiger partial charge in [0.2, 0.25) is 0 Å². The summed E-state index contributed by atoms with van der Waals surface area (Å²) < 4.78 is 0. The predicted molar refractivity (Wildman–Crippen MR) is 40.2 cm³/mol. The van der Waals surface area contributed by atoms with E-state index in [2.05, 4.69) is 33.0 Å². The Morgan fingerprint density at radius 2 is 1.12 bits per heavy atom. The van der Waals surface area contributed by atoms with Crippen LogP contribution in [0.1, 0.15) is 34.1 Å². The van der Waals surface area contributed by atoms with Crippen molar-refractivity contribution in [3.8, 4) is 0 Å². The summed E-state index contributed by atoms with van der Waals surface area (Å²) in [4.78, 5) is 0. The summed E-state index contributed by atoms with van der Waals surface area (Å²) in [6, 6.07) is 0. The van der Waals surface area contributed by atoms with Gasteiger partial charge in [-0.25, -0.2) is 0 Å². The first-order chi connectivity index (χ1) is 3.83. The van der Waals surface area contributed by atoms with Gasteiger partial charge in [0, 0.05) is 0 Å². The van der Waals surface area contributed by atoms with Crippen LogP contribution in [0.2, 0.25) is 0 Å². The summed E-state index contributed by atoms with van der Waals surface area (Å²) in [5.74, 6) is 0. The van der Waals surface area contributed by atoms with Crippen molar-refractivity contribution in [2.75, 3.05) is 13.1 Å². The molecule has 0 aliphatic carbocycles. The van der Waals surface area contributed by atoms with Crippen molar-refractivity contribution in [1.82, 2.24) is 5.32 Å². The van der Waals surface area contributed by atoms with E-state index in [0.717, 1.165) is 13.1 Å². The van der Waals surface area contributed by atoms with E-state index < -0.39 is 0 Å². The monoisotopic (exact) mass is 117 g/mol. The maximum absolute atomic E-state index is 3.11. The van der Waals surface area contributed by atoms with E-state index in [0.29, 0.717) is 0 Å². The molecule has 0 amide bonds. The van der Waals surface area contributed by atoms with Crippen LogP contribution in [0.25, 0.3) is 0 Å². The van der Waals surface area contributed by atoms with Gasteiger partial charge in [-0.2, -0.15) is 0 Å². The highest BCUT2D eigenvalue weighted by molar-refractivity contribution is 4.27. The maximum atomic E-state index is 3.11. The van der Waals surface area contributed by atoms with Crippen LogP contribution in [0.15, 0.2) is 0 Å². The van der Waals surface area contributed by atoms with Crippen molar-refractivity contribution in [2.24, 2.45) is 0 Å². The van der Waals surface area contributed by atoms with Crippen molar-refractivity contribution < 1.29 is 0 Å². The fourth-order valence-corrected chi connectivity index (χ4v) is 0.250. The highest BCUT2D eigenvalue weighted by Crippen LogP contribution is 1.56. The van der Waals surface area contributed by atoms with Crippen LogP contribution in [-0.2, 0) is 0 Å². The lowest BCUT2D eigenvalue weighted by Crippen LogP contribution is -2.09. The predicted octanol–water partition coefficient (Wildman–Crippen LogP) is 2.03. The Labute approximate surface area is 53.5 Å². The number of hydrogen-bond donors (Lipinski definition) is 1. The molecule has 0 spiro atoms.